The Morgan fingerprint density at radius 3 is 2.45 bits per heavy atom. The van der Waals surface area contributed by atoms with Crippen LogP contribution in [0.5, 0.6) is 5.75 Å². The van der Waals surface area contributed by atoms with Crippen LogP contribution in [0.25, 0.3) is 0 Å². The van der Waals surface area contributed by atoms with Crippen molar-refractivity contribution in [3.05, 3.63) is 88.7 Å². The second-order valence-electron chi connectivity index (χ2n) is 7.59. The molecule has 0 radical (unpaired) electrons. The average Bonchev–Trinajstić information content (AvgIpc) is 2.73. The summed E-state index contributed by atoms with van der Waals surface area (Å²) in [7, 11) is 0. The van der Waals surface area contributed by atoms with Gasteiger partial charge in [-0.05, 0) is 67.8 Å². The molecule has 6 nitrogen and oxygen atoms in total. The number of nitrogens with zero attached hydrogens (tertiary/aromatic N) is 1. The first-order chi connectivity index (χ1) is 14.8. The molecule has 31 heavy (non-hydrogen) atoms. The zero-order chi connectivity index (χ0) is 22.4. The second-order valence-corrected chi connectivity index (χ2v) is 7.59. The molecular weight excluding hydrogens is 390 g/mol. The van der Waals surface area contributed by atoms with Gasteiger partial charge < -0.3 is 15.4 Å². The van der Waals surface area contributed by atoms with Crippen LogP contribution in [0.3, 0.4) is 0 Å². The van der Waals surface area contributed by atoms with E-state index in [2.05, 4.69) is 15.6 Å². The van der Waals surface area contributed by atoms with Crippen LogP contribution < -0.4 is 15.4 Å². The zero-order valence-corrected chi connectivity index (χ0v) is 18.2. The van der Waals surface area contributed by atoms with E-state index in [0.29, 0.717) is 17.9 Å². The number of carbonyl (C=O) groups is 2. The number of hydrogen-bond acceptors (Lipinski definition) is 4. The van der Waals surface area contributed by atoms with Crippen LogP contribution in [0.1, 0.15) is 52.5 Å². The van der Waals surface area contributed by atoms with Crippen LogP contribution in [-0.4, -0.2) is 16.8 Å². The van der Waals surface area contributed by atoms with Gasteiger partial charge in [-0.3, -0.25) is 14.6 Å². The number of rotatable bonds is 7. The molecule has 1 heterocycles. The van der Waals surface area contributed by atoms with Gasteiger partial charge in [0, 0.05) is 36.1 Å². The third kappa shape index (κ3) is 5.92. The number of aryl methyl sites for hydroxylation is 2. The molecule has 2 aromatic carbocycles. The van der Waals surface area contributed by atoms with Crippen LogP contribution in [0.15, 0.2) is 60.9 Å². The molecule has 0 spiro atoms. The van der Waals surface area contributed by atoms with E-state index >= 15 is 0 Å². The molecule has 0 saturated heterocycles. The Balaban J connectivity index is 1.69. The number of anilines is 1. The lowest BCUT2D eigenvalue weighted by molar-refractivity contribution is -0.114. The molecule has 0 fully saturated rings. The fraction of sp³-hybridized carbons (Fsp3) is 0.240. The maximum atomic E-state index is 12.9. The Morgan fingerprint density at radius 2 is 1.81 bits per heavy atom. The SMILES string of the molecule is CC(=O)Nc1cccc(C(C)NC(=O)c2cc(C)c(OCc3cccnc3)c(C)c2)c1. The molecule has 1 aromatic heterocycles. The lowest BCUT2D eigenvalue weighted by atomic mass is 10.0. The van der Waals surface area contributed by atoms with Crippen molar-refractivity contribution < 1.29 is 14.3 Å². The monoisotopic (exact) mass is 417 g/mol. The quantitative estimate of drug-likeness (QED) is 0.583. The number of aromatic nitrogens is 1. The molecule has 0 saturated carbocycles. The summed E-state index contributed by atoms with van der Waals surface area (Å²) in [6.45, 7) is 7.66. The number of ether oxygens (including phenoxy) is 1. The number of hydrogen-bond donors (Lipinski definition) is 2. The van der Waals surface area contributed by atoms with E-state index in [1.807, 2.05) is 69.3 Å². The van der Waals surface area contributed by atoms with E-state index < -0.39 is 0 Å². The first-order valence-corrected chi connectivity index (χ1v) is 10.1. The summed E-state index contributed by atoms with van der Waals surface area (Å²) in [5.74, 6) is 0.476. The third-order valence-corrected chi connectivity index (χ3v) is 4.88. The van der Waals surface area contributed by atoms with Gasteiger partial charge in [0.05, 0.1) is 6.04 Å². The summed E-state index contributed by atoms with van der Waals surface area (Å²) in [4.78, 5) is 28.2. The van der Waals surface area contributed by atoms with E-state index in [0.717, 1.165) is 28.0 Å². The van der Waals surface area contributed by atoms with Gasteiger partial charge in [0.1, 0.15) is 12.4 Å². The van der Waals surface area contributed by atoms with Gasteiger partial charge in [0.25, 0.3) is 5.91 Å². The van der Waals surface area contributed by atoms with Crippen molar-refractivity contribution in [1.29, 1.82) is 0 Å². The molecule has 2 amide bonds. The van der Waals surface area contributed by atoms with Crippen molar-refractivity contribution in [1.82, 2.24) is 10.3 Å². The Labute approximate surface area is 182 Å². The molecule has 3 aromatic rings. The summed E-state index contributed by atoms with van der Waals surface area (Å²) < 4.78 is 5.98. The average molecular weight is 418 g/mol. The first-order valence-electron chi connectivity index (χ1n) is 10.1. The molecular formula is C25H27N3O3. The molecule has 6 heteroatoms. The second kappa shape index (κ2) is 9.89. The highest BCUT2D eigenvalue weighted by Crippen LogP contribution is 2.26. The van der Waals surface area contributed by atoms with Crippen LogP contribution in [0.2, 0.25) is 0 Å². The van der Waals surface area contributed by atoms with Crippen molar-refractivity contribution >= 4 is 17.5 Å². The van der Waals surface area contributed by atoms with E-state index in [-0.39, 0.29) is 17.9 Å². The number of benzene rings is 2. The maximum absolute atomic E-state index is 12.9. The van der Waals surface area contributed by atoms with Gasteiger partial charge in [0.2, 0.25) is 5.91 Å². The van der Waals surface area contributed by atoms with E-state index in [9.17, 15) is 9.59 Å². The lowest BCUT2D eigenvalue weighted by Crippen LogP contribution is -2.27. The van der Waals surface area contributed by atoms with Crippen molar-refractivity contribution in [3.8, 4) is 5.75 Å². The van der Waals surface area contributed by atoms with Crippen molar-refractivity contribution in [2.75, 3.05) is 5.32 Å². The summed E-state index contributed by atoms with van der Waals surface area (Å²) in [5.41, 5.74) is 4.97. The largest absolute Gasteiger partial charge is 0.488 e. The Bertz CT molecular complexity index is 1060. The fourth-order valence-corrected chi connectivity index (χ4v) is 3.40. The summed E-state index contributed by atoms with van der Waals surface area (Å²) in [5, 5.41) is 5.78. The van der Waals surface area contributed by atoms with Gasteiger partial charge in [-0.15, -0.1) is 0 Å². The smallest absolute Gasteiger partial charge is 0.251 e. The Kier molecular flexibility index (Phi) is 7.03. The van der Waals surface area contributed by atoms with Crippen LogP contribution >= 0.6 is 0 Å². The fourth-order valence-electron chi connectivity index (χ4n) is 3.40. The highest BCUT2D eigenvalue weighted by molar-refractivity contribution is 5.95. The minimum atomic E-state index is -0.219. The Hall–Kier alpha value is -3.67. The lowest BCUT2D eigenvalue weighted by Gasteiger charge is -2.17. The highest BCUT2D eigenvalue weighted by atomic mass is 16.5. The number of nitrogens with one attached hydrogen (secondary N) is 2. The number of pyridine rings is 1. The van der Waals surface area contributed by atoms with Crippen LogP contribution in [-0.2, 0) is 11.4 Å². The zero-order valence-electron chi connectivity index (χ0n) is 18.2. The molecule has 0 aliphatic rings. The molecule has 1 atom stereocenters. The molecule has 160 valence electrons. The molecule has 0 aliphatic carbocycles. The number of carbonyl (C=O) groups excluding carboxylic acids is 2. The van der Waals surface area contributed by atoms with Gasteiger partial charge >= 0.3 is 0 Å². The van der Waals surface area contributed by atoms with E-state index in [4.69, 9.17) is 4.74 Å². The molecule has 1 unspecified atom stereocenters. The molecule has 0 bridgehead atoms. The maximum Gasteiger partial charge on any atom is 0.251 e. The number of amides is 2. The predicted octanol–water partition coefficient (Wildman–Crippen LogP) is 4.73. The summed E-state index contributed by atoms with van der Waals surface area (Å²) in [6, 6.07) is 14.7. The molecule has 3 rings (SSSR count). The van der Waals surface area contributed by atoms with Crippen LogP contribution in [0, 0.1) is 13.8 Å². The van der Waals surface area contributed by atoms with Crippen LogP contribution in [0.4, 0.5) is 5.69 Å². The highest BCUT2D eigenvalue weighted by Gasteiger charge is 2.15. The van der Waals surface area contributed by atoms with Gasteiger partial charge in [-0.25, -0.2) is 0 Å². The normalized spacial score (nSPS) is 11.5. The van der Waals surface area contributed by atoms with Crippen molar-refractivity contribution in [2.24, 2.45) is 0 Å². The first kappa shape index (κ1) is 22.0. The van der Waals surface area contributed by atoms with E-state index in [1.165, 1.54) is 6.92 Å². The van der Waals surface area contributed by atoms with Gasteiger partial charge in [-0.1, -0.05) is 18.2 Å². The third-order valence-electron chi connectivity index (χ3n) is 4.88. The van der Waals surface area contributed by atoms with Gasteiger partial charge in [-0.2, -0.15) is 0 Å². The standard InChI is InChI=1S/C25H27N3O3/c1-16-11-22(12-17(2)24(16)31-15-20-7-6-10-26-14-20)25(30)27-18(3)21-8-5-9-23(13-21)28-19(4)29/h5-14,18H,15H2,1-4H3,(H,27,30)(H,28,29). The topological polar surface area (TPSA) is 80.3 Å². The van der Waals surface area contributed by atoms with Crippen molar-refractivity contribution in [3.63, 3.8) is 0 Å². The molecule has 2 N–H and O–H groups in total. The van der Waals surface area contributed by atoms with Crippen molar-refractivity contribution in [2.45, 2.75) is 40.3 Å². The molecule has 0 aliphatic heterocycles. The summed E-state index contributed by atoms with van der Waals surface area (Å²) >= 11 is 0. The minimum absolute atomic E-state index is 0.134. The van der Waals surface area contributed by atoms with E-state index in [1.54, 1.807) is 12.4 Å². The summed E-state index contributed by atoms with van der Waals surface area (Å²) in [6.07, 6.45) is 3.50. The Morgan fingerprint density at radius 1 is 1.06 bits per heavy atom. The minimum Gasteiger partial charge on any atom is -0.488 e. The predicted molar refractivity (Wildman–Crippen MR) is 121 cm³/mol. The van der Waals surface area contributed by atoms with Gasteiger partial charge in [0.15, 0.2) is 0 Å².